The molecule has 3 aromatic rings. The van der Waals surface area contributed by atoms with Crippen molar-refractivity contribution < 1.29 is 9.90 Å². The Kier molecular flexibility index (Phi) is 3.76. The van der Waals surface area contributed by atoms with Crippen molar-refractivity contribution in [3.8, 4) is 5.88 Å². The highest BCUT2D eigenvalue weighted by molar-refractivity contribution is 9.10. The van der Waals surface area contributed by atoms with Crippen LogP contribution in [0, 0.1) is 0 Å². The first-order valence-corrected chi connectivity index (χ1v) is 9.04. The van der Waals surface area contributed by atoms with Gasteiger partial charge in [-0.2, -0.15) is 0 Å². The standard InChI is InChI=1S/C16H6Br2Cl2N2O2/c17-5-1-3-7-9(12(5)19)11(16(24)22-7)14-15(23)10-8(21-14)4-2-6(18)13(10)20/h1-4,22,24H. The minimum atomic E-state index is -0.358. The van der Waals surface area contributed by atoms with Crippen molar-refractivity contribution in [2.24, 2.45) is 4.99 Å². The van der Waals surface area contributed by atoms with Crippen molar-refractivity contribution in [3.63, 3.8) is 0 Å². The van der Waals surface area contributed by atoms with Gasteiger partial charge >= 0.3 is 0 Å². The quantitative estimate of drug-likeness (QED) is 0.439. The first-order valence-electron chi connectivity index (χ1n) is 6.70. The second kappa shape index (κ2) is 5.59. The van der Waals surface area contributed by atoms with Gasteiger partial charge in [0.1, 0.15) is 5.71 Å². The third kappa shape index (κ3) is 2.17. The minimum Gasteiger partial charge on any atom is -0.494 e. The molecular formula is C16H6Br2Cl2N2O2. The van der Waals surface area contributed by atoms with Gasteiger partial charge in [-0.15, -0.1) is 0 Å². The van der Waals surface area contributed by atoms with E-state index < -0.39 is 0 Å². The smallest absolute Gasteiger partial charge is 0.215 e. The molecule has 0 bridgehead atoms. The third-order valence-corrected chi connectivity index (χ3v) is 6.38. The van der Waals surface area contributed by atoms with Gasteiger partial charge in [-0.3, -0.25) is 4.79 Å². The number of benzene rings is 2. The fourth-order valence-electron chi connectivity index (χ4n) is 2.75. The molecule has 0 amide bonds. The molecule has 2 aromatic carbocycles. The monoisotopic (exact) mass is 486 g/mol. The van der Waals surface area contributed by atoms with E-state index in [9.17, 15) is 9.90 Å². The van der Waals surface area contributed by atoms with E-state index in [0.717, 1.165) is 0 Å². The third-order valence-electron chi connectivity index (χ3n) is 3.82. The lowest BCUT2D eigenvalue weighted by Gasteiger charge is -2.03. The first-order chi connectivity index (χ1) is 11.4. The summed E-state index contributed by atoms with van der Waals surface area (Å²) >= 11 is 19.2. The number of carbonyl (C=O) groups is 1. The molecule has 4 rings (SSSR count). The molecule has 0 saturated heterocycles. The van der Waals surface area contributed by atoms with Gasteiger partial charge in [0, 0.05) is 14.3 Å². The zero-order chi connectivity index (χ0) is 17.2. The van der Waals surface area contributed by atoms with Crippen LogP contribution in [0.1, 0.15) is 15.9 Å². The van der Waals surface area contributed by atoms with Gasteiger partial charge in [0.2, 0.25) is 5.78 Å². The average Bonchev–Trinajstić information content (AvgIpc) is 3.04. The molecule has 1 aliphatic rings. The van der Waals surface area contributed by atoms with Gasteiger partial charge in [0.05, 0.1) is 32.4 Å². The van der Waals surface area contributed by atoms with Gasteiger partial charge < -0.3 is 10.1 Å². The molecule has 0 saturated carbocycles. The number of carbonyl (C=O) groups excluding carboxylic acids is 1. The summed E-state index contributed by atoms with van der Waals surface area (Å²) in [5, 5.41) is 11.5. The van der Waals surface area contributed by atoms with E-state index in [4.69, 9.17) is 23.2 Å². The number of aromatic amines is 1. The number of hydrogen-bond acceptors (Lipinski definition) is 3. The summed E-state index contributed by atoms with van der Waals surface area (Å²) in [7, 11) is 0. The number of Topliss-reactive ketones (excluding diaryl/α,β-unsaturated/α-hetero) is 1. The van der Waals surface area contributed by atoms with Crippen LogP contribution in [0.15, 0.2) is 38.2 Å². The van der Waals surface area contributed by atoms with Crippen molar-refractivity contribution in [1.82, 2.24) is 4.98 Å². The molecule has 2 N–H and O–H groups in total. The van der Waals surface area contributed by atoms with E-state index in [2.05, 4.69) is 41.8 Å². The Hall–Kier alpha value is -1.34. The van der Waals surface area contributed by atoms with Gasteiger partial charge in [0.15, 0.2) is 5.88 Å². The van der Waals surface area contributed by atoms with Crippen LogP contribution in [0.2, 0.25) is 10.0 Å². The van der Waals surface area contributed by atoms with Crippen LogP contribution < -0.4 is 0 Å². The molecule has 0 unspecified atom stereocenters. The van der Waals surface area contributed by atoms with Gasteiger partial charge in [-0.1, -0.05) is 23.2 Å². The molecule has 0 radical (unpaired) electrons. The molecule has 0 spiro atoms. The van der Waals surface area contributed by atoms with Crippen molar-refractivity contribution in [1.29, 1.82) is 0 Å². The zero-order valence-electron chi connectivity index (χ0n) is 11.6. The summed E-state index contributed by atoms with van der Waals surface area (Å²) in [5.41, 5.74) is 1.75. The maximum atomic E-state index is 12.8. The maximum Gasteiger partial charge on any atom is 0.215 e. The Morgan fingerprint density at radius 1 is 1.00 bits per heavy atom. The largest absolute Gasteiger partial charge is 0.494 e. The van der Waals surface area contributed by atoms with Gasteiger partial charge in [-0.25, -0.2) is 4.99 Å². The highest BCUT2D eigenvalue weighted by atomic mass is 79.9. The number of halogens is 4. The number of nitrogens with one attached hydrogen (secondary N) is 1. The van der Waals surface area contributed by atoms with E-state index in [1.54, 1.807) is 24.3 Å². The van der Waals surface area contributed by atoms with Crippen molar-refractivity contribution >= 4 is 83.1 Å². The summed E-state index contributed by atoms with van der Waals surface area (Å²) in [6.07, 6.45) is 0. The Morgan fingerprint density at radius 3 is 2.42 bits per heavy atom. The summed E-state index contributed by atoms with van der Waals surface area (Å²) in [5.74, 6) is -0.524. The Labute approximate surface area is 162 Å². The van der Waals surface area contributed by atoms with E-state index in [1.165, 1.54) is 0 Å². The fraction of sp³-hybridized carbons (Fsp3) is 0. The number of ketones is 1. The van der Waals surface area contributed by atoms with Crippen LogP contribution in [-0.4, -0.2) is 21.6 Å². The molecule has 1 aliphatic heterocycles. The van der Waals surface area contributed by atoms with Crippen LogP contribution in [0.25, 0.3) is 10.9 Å². The van der Waals surface area contributed by atoms with E-state index in [0.29, 0.717) is 41.1 Å². The van der Waals surface area contributed by atoms with Crippen LogP contribution in [0.3, 0.4) is 0 Å². The Bertz CT molecular complexity index is 1090. The highest BCUT2D eigenvalue weighted by Crippen LogP contribution is 2.43. The number of aromatic hydroxyl groups is 1. The zero-order valence-corrected chi connectivity index (χ0v) is 16.3. The molecule has 2 heterocycles. The normalized spacial score (nSPS) is 13.5. The molecule has 8 heteroatoms. The van der Waals surface area contributed by atoms with Gasteiger partial charge in [0.25, 0.3) is 0 Å². The Morgan fingerprint density at radius 2 is 1.67 bits per heavy atom. The molecule has 4 nitrogen and oxygen atoms in total. The number of nitrogens with zero attached hydrogens (tertiary/aromatic N) is 1. The number of H-pyrrole nitrogens is 1. The van der Waals surface area contributed by atoms with Crippen LogP contribution >= 0.6 is 55.1 Å². The second-order valence-electron chi connectivity index (χ2n) is 5.18. The van der Waals surface area contributed by atoms with Crippen molar-refractivity contribution in [3.05, 3.63) is 54.4 Å². The molecule has 0 aliphatic carbocycles. The topological polar surface area (TPSA) is 65.4 Å². The fourth-order valence-corrected chi connectivity index (χ4v) is 3.91. The molecular weight excluding hydrogens is 483 g/mol. The number of fused-ring (bicyclic) bond motifs is 2. The average molecular weight is 489 g/mol. The molecule has 0 fully saturated rings. The predicted molar refractivity (Wildman–Crippen MR) is 102 cm³/mol. The number of rotatable bonds is 1. The molecule has 1 aromatic heterocycles. The van der Waals surface area contributed by atoms with Gasteiger partial charge in [-0.05, 0) is 56.1 Å². The van der Waals surface area contributed by atoms with E-state index in [1.807, 2.05) is 0 Å². The van der Waals surface area contributed by atoms with Crippen molar-refractivity contribution in [2.75, 3.05) is 0 Å². The number of aliphatic imine (C=N–C) groups is 1. The highest BCUT2D eigenvalue weighted by Gasteiger charge is 2.33. The predicted octanol–water partition coefficient (Wildman–Crippen LogP) is 6.02. The lowest BCUT2D eigenvalue weighted by Crippen LogP contribution is -2.11. The van der Waals surface area contributed by atoms with Crippen LogP contribution in [0.4, 0.5) is 5.69 Å². The summed E-state index contributed by atoms with van der Waals surface area (Å²) in [6, 6.07) is 6.93. The lowest BCUT2D eigenvalue weighted by atomic mass is 10.0. The summed E-state index contributed by atoms with van der Waals surface area (Å²) < 4.78 is 1.26. The first kappa shape index (κ1) is 16.1. The van der Waals surface area contributed by atoms with E-state index >= 15 is 0 Å². The SMILES string of the molecule is O=C1C(c2c(O)[nH]c3ccc(Br)c(Cl)c23)=Nc2ccc(Br)c(Cl)c21. The molecule has 120 valence electrons. The Balaban J connectivity index is 2.01. The summed E-state index contributed by atoms with van der Waals surface area (Å²) in [6.45, 7) is 0. The van der Waals surface area contributed by atoms with Crippen molar-refractivity contribution in [2.45, 2.75) is 0 Å². The summed E-state index contributed by atoms with van der Waals surface area (Å²) in [4.78, 5) is 20.0. The second-order valence-corrected chi connectivity index (χ2v) is 7.64. The van der Waals surface area contributed by atoms with E-state index in [-0.39, 0.29) is 22.9 Å². The molecule has 24 heavy (non-hydrogen) atoms. The van der Waals surface area contributed by atoms with Crippen LogP contribution in [-0.2, 0) is 0 Å². The molecule has 0 atom stereocenters. The van der Waals surface area contributed by atoms with Crippen LogP contribution in [0.5, 0.6) is 5.88 Å². The number of aromatic nitrogens is 1. The lowest BCUT2D eigenvalue weighted by molar-refractivity contribution is 0.107. The minimum absolute atomic E-state index is 0.105. The number of hydrogen-bond donors (Lipinski definition) is 2. The maximum absolute atomic E-state index is 12.8.